The quantitative estimate of drug-likeness (QED) is 0.679. The largest absolute Gasteiger partial charge is 0.303 e. The molecule has 0 bridgehead atoms. The monoisotopic (exact) mass is 380 g/mol. The number of hydrogen-bond acceptors (Lipinski definition) is 4. The van der Waals surface area contributed by atoms with E-state index in [2.05, 4.69) is 28.0 Å². The van der Waals surface area contributed by atoms with E-state index in [1.165, 1.54) is 0 Å². The molecular weight excluding hydrogens is 355 g/mol. The maximum Gasteiger partial charge on any atom is 0.175 e. The molecule has 0 atom stereocenters. The Balaban J connectivity index is 1.54. The maximum atomic E-state index is 15.1. The summed E-state index contributed by atoms with van der Waals surface area (Å²) in [5.41, 5.74) is 0.984. The van der Waals surface area contributed by atoms with Crippen LogP contribution in [0, 0.1) is 0 Å². The molecule has 3 heterocycles. The summed E-state index contributed by atoms with van der Waals surface area (Å²) in [6.07, 6.45) is 6.13. The normalized spacial score (nSPS) is 17.1. The van der Waals surface area contributed by atoms with Crippen LogP contribution in [0.1, 0.15) is 25.5 Å². The fourth-order valence-electron chi connectivity index (χ4n) is 3.86. The Bertz CT molecular complexity index is 1000. The van der Waals surface area contributed by atoms with Crippen LogP contribution in [0.25, 0.3) is 21.9 Å². The molecule has 0 aliphatic carbocycles. The first-order valence-electron chi connectivity index (χ1n) is 9.79. The first-order valence-corrected chi connectivity index (χ1v) is 9.79. The molecule has 3 aromatic rings. The summed E-state index contributed by atoms with van der Waals surface area (Å²) in [6.45, 7) is 4.23. The maximum absolute atomic E-state index is 15.1. The van der Waals surface area contributed by atoms with E-state index in [0.717, 1.165) is 28.4 Å². The van der Waals surface area contributed by atoms with Gasteiger partial charge >= 0.3 is 0 Å². The molecule has 0 unspecified atom stereocenters. The number of halogens is 1. The highest BCUT2D eigenvalue weighted by molar-refractivity contribution is 5.91. The topological polar surface area (TPSA) is 51.0 Å². The average Bonchev–Trinajstić information content (AvgIpc) is 3.14. The Kier molecular flexibility index (Phi) is 4.98. The zero-order valence-electron chi connectivity index (χ0n) is 16.4. The highest BCUT2D eigenvalue weighted by Crippen LogP contribution is 2.29. The molecule has 1 aliphatic rings. The number of alkyl halides is 1. The van der Waals surface area contributed by atoms with Crippen molar-refractivity contribution in [3.05, 3.63) is 48.5 Å². The number of carbonyl (C=O) groups is 1. The van der Waals surface area contributed by atoms with Gasteiger partial charge in [-0.2, -0.15) is 5.10 Å². The van der Waals surface area contributed by atoms with Crippen molar-refractivity contribution in [2.45, 2.75) is 31.9 Å². The molecule has 1 aromatic carbocycles. The highest BCUT2D eigenvalue weighted by atomic mass is 19.1. The molecule has 0 spiro atoms. The second kappa shape index (κ2) is 7.43. The van der Waals surface area contributed by atoms with Crippen molar-refractivity contribution >= 4 is 16.6 Å². The number of ketones is 1. The first kappa shape index (κ1) is 18.7. The molecule has 0 N–H and O–H groups in total. The van der Waals surface area contributed by atoms with Gasteiger partial charge < -0.3 is 4.90 Å². The molecule has 1 aliphatic heterocycles. The minimum absolute atomic E-state index is 0.0374. The lowest BCUT2D eigenvalue weighted by molar-refractivity contribution is -0.133. The van der Waals surface area contributed by atoms with Crippen LogP contribution in [-0.2, 0) is 18.3 Å². The van der Waals surface area contributed by atoms with E-state index in [1.807, 2.05) is 37.6 Å². The van der Waals surface area contributed by atoms with Crippen LogP contribution in [0.2, 0.25) is 0 Å². The SMILES string of the molecule is CCN1CCC(F)(C(=O)Cc2cc3cc(-c4cnn(C)c4)ccc3cn2)CC1. The van der Waals surface area contributed by atoms with Crippen molar-refractivity contribution in [1.29, 1.82) is 0 Å². The minimum atomic E-state index is -1.72. The number of benzene rings is 1. The molecule has 4 rings (SSSR count). The lowest BCUT2D eigenvalue weighted by Crippen LogP contribution is -2.47. The predicted molar refractivity (Wildman–Crippen MR) is 108 cm³/mol. The number of rotatable bonds is 5. The summed E-state index contributed by atoms with van der Waals surface area (Å²) in [5.74, 6) is -0.349. The summed E-state index contributed by atoms with van der Waals surface area (Å²) in [4.78, 5) is 19.2. The Morgan fingerprint density at radius 3 is 2.61 bits per heavy atom. The van der Waals surface area contributed by atoms with Crippen molar-refractivity contribution in [2.24, 2.45) is 7.05 Å². The molecule has 6 heteroatoms. The summed E-state index contributed by atoms with van der Waals surface area (Å²) >= 11 is 0. The molecule has 1 fully saturated rings. The van der Waals surface area contributed by atoms with Crippen molar-refractivity contribution < 1.29 is 9.18 Å². The second-order valence-corrected chi connectivity index (χ2v) is 7.64. The van der Waals surface area contributed by atoms with Crippen molar-refractivity contribution in [3.63, 3.8) is 0 Å². The Labute approximate surface area is 164 Å². The van der Waals surface area contributed by atoms with Gasteiger partial charge in [0, 0.05) is 62.0 Å². The lowest BCUT2D eigenvalue weighted by Gasteiger charge is -2.34. The zero-order valence-corrected chi connectivity index (χ0v) is 16.4. The van der Waals surface area contributed by atoms with Gasteiger partial charge in [0.2, 0.25) is 0 Å². The van der Waals surface area contributed by atoms with E-state index in [0.29, 0.717) is 18.8 Å². The van der Waals surface area contributed by atoms with Crippen molar-refractivity contribution in [2.75, 3.05) is 19.6 Å². The van der Waals surface area contributed by atoms with Gasteiger partial charge in [-0.05, 0) is 29.6 Å². The molecule has 2 aromatic heterocycles. The molecular formula is C22H25FN4O. The fourth-order valence-corrected chi connectivity index (χ4v) is 3.86. The third kappa shape index (κ3) is 3.69. The van der Waals surface area contributed by atoms with Gasteiger partial charge in [0.1, 0.15) is 0 Å². The average molecular weight is 380 g/mol. The Hall–Kier alpha value is -2.60. The molecule has 146 valence electrons. The van der Waals surface area contributed by atoms with Crippen LogP contribution in [0.15, 0.2) is 42.9 Å². The first-order chi connectivity index (χ1) is 13.5. The number of hydrogen-bond donors (Lipinski definition) is 0. The number of likely N-dealkylation sites (tertiary alicyclic amines) is 1. The van der Waals surface area contributed by atoms with Crippen LogP contribution < -0.4 is 0 Å². The van der Waals surface area contributed by atoms with Crippen LogP contribution in [-0.4, -0.2) is 50.8 Å². The zero-order chi connectivity index (χ0) is 19.7. The van der Waals surface area contributed by atoms with E-state index < -0.39 is 5.67 Å². The van der Waals surface area contributed by atoms with E-state index in [9.17, 15) is 4.79 Å². The molecule has 1 saturated heterocycles. The Morgan fingerprint density at radius 2 is 1.93 bits per heavy atom. The molecule has 0 radical (unpaired) electrons. The Morgan fingerprint density at radius 1 is 1.14 bits per heavy atom. The van der Waals surface area contributed by atoms with Crippen LogP contribution in [0.3, 0.4) is 0 Å². The molecule has 5 nitrogen and oxygen atoms in total. The van der Waals surface area contributed by atoms with Crippen LogP contribution in [0.5, 0.6) is 0 Å². The number of Topliss-reactive ketones (excluding diaryl/α,β-unsaturated/α-hetero) is 1. The molecule has 28 heavy (non-hydrogen) atoms. The fraction of sp³-hybridized carbons (Fsp3) is 0.409. The van der Waals surface area contributed by atoms with Gasteiger partial charge in [0.05, 0.1) is 12.6 Å². The van der Waals surface area contributed by atoms with Crippen LogP contribution in [0.4, 0.5) is 4.39 Å². The molecule has 0 saturated carbocycles. The van der Waals surface area contributed by atoms with E-state index in [-0.39, 0.29) is 25.0 Å². The van der Waals surface area contributed by atoms with Gasteiger partial charge in [-0.3, -0.25) is 14.5 Å². The summed E-state index contributed by atoms with van der Waals surface area (Å²) in [7, 11) is 1.88. The predicted octanol–water partition coefficient (Wildman–Crippen LogP) is 3.57. The van der Waals surface area contributed by atoms with Crippen LogP contribution >= 0.6 is 0 Å². The lowest BCUT2D eigenvalue weighted by atomic mass is 9.87. The number of aromatic nitrogens is 3. The highest BCUT2D eigenvalue weighted by Gasteiger charge is 2.40. The number of aryl methyl sites for hydroxylation is 1. The van der Waals surface area contributed by atoms with Gasteiger partial charge in [0.15, 0.2) is 11.5 Å². The third-order valence-corrected chi connectivity index (χ3v) is 5.75. The van der Waals surface area contributed by atoms with Crippen molar-refractivity contribution in [3.8, 4) is 11.1 Å². The number of piperidine rings is 1. The number of fused-ring (bicyclic) bond motifs is 1. The summed E-state index contributed by atoms with van der Waals surface area (Å²) in [6, 6.07) is 8.00. The smallest absolute Gasteiger partial charge is 0.175 e. The standard InChI is InChI=1S/C22H25FN4O/c1-3-27-8-6-22(23,7-9-27)21(28)12-20-11-18-10-16(4-5-17(18)13-24-20)19-14-25-26(2)15-19/h4-5,10-11,13-15H,3,6-9,12H2,1-2H3. The number of pyridine rings is 1. The van der Waals surface area contributed by atoms with E-state index in [1.54, 1.807) is 10.9 Å². The third-order valence-electron chi connectivity index (χ3n) is 5.75. The van der Waals surface area contributed by atoms with Gasteiger partial charge in [-0.15, -0.1) is 0 Å². The second-order valence-electron chi connectivity index (χ2n) is 7.64. The number of nitrogens with zero attached hydrogens (tertiary/aromatic N) is 4. The van der Waals surface area contributed by atoms with Gasteiger partial charge in [-0.25, -0.2) is 4.39 Å². The summed E-state index contributed by atoms with van der Waals surface area (Å²) in [5, 5.41) is 6.20. The molecule has 0 amide bonds. The van der Waals surface area contributed by atoms with Crippen molar-refractivity contribution in [1.82, 2.24) is 19.7 Å². The van der Waals surface area contributed by atoms with E-state index >= 15 is 4.39 Å². The minimum Gasteiger partial charge on any atom is -0.303 e. The van der Waals surface area contributed by atoms with Gasteiger partial charge in [-0.1, -0.05) is 19.1 Å². The van der Waals surface area contributed by atoms with Gasteiger partial charge in [0.25, 0.3) is 0 Å². The van der Waals surface area contributed by atoms with E-state index in [4.69, 9.17) is 0 Å². The summed E-state index contributed by atoms with van der Waals surface area (Å²) < 4.78 is 16.9. The number of carbonyl (C=O) groups excluding carboxylic acids is 1.